The highest BCUT2D eigenvalue weighted by Gasteiger charge is 2.16. The summed E-state index contributed by atoms with van der Waals surface area (Å²) in [7, 11) is 0. The maximum absolute atomic E-state index is 5.69. The lowest BCUT2D eigenvalue weighted by Crippen LogP contribution is -2.25. The van der Waals surface area contributed by atoms with Crippen LogP contribution in [0, 0.1) is 5.41 Å². The van der Waals surface area contributed by atoms with Gasteiger partial charge in [0.05, 0.1) is 0 Å². The molecule has 2 rings (SSSR count). The van der Waals surface area contributed by atoms with Gasteiger partial charge in [-0.25, -0.2) is 4.98 Å². The van der Waals surface area contributed by atoms with E-state index < -0.39 is 0 Å². The van der Waals surface area contributed by atoms with Gasteiger partial charge >= 0.3 is 0 Å². The molecule has 2 aromatic rings. The van der Waals surface area contributed by atoms with Gasteiger partial charge in [0.1, 0.15) is 5.52 Å². The first kappa shape index (κ1) is 10.0. The Bertz CT molecular complexity index is 460. The molecule has 0 spiro atoms. The van der Waals surface area contributed by atoms with Crippen molar-refractivity contribution < 1.29 is 0 Å². The molecule has 0 radical (unpaired) electrons. The Hall–Kier alpha value is -1.49. The molecule has 0 aromatic carbocycles. The molecule has 0 atom stereocenters. The van der Waals surface area contributed by atoms with Gasteiger partial charge in [-0.2, -0.15) is 10.3 Å². The molecule has 0 aliphatic carbocycles. The fourth-order valence-electron chi connectivity index (χ4n) is 1.50. The van der Waals surface area contributed by atoms with Crippen molar-refractivity contribution >= 4 is 11.2 Å². The van der Waals surface area contributed by atoms with Gasteiger partial charge in [0, 0.05) is 6.20 Å². The lowest BCUT2D eigenvalue weighted by atomic mass is 9.86. The average Bonchev–Trinajstić information content (AvgIpc) is 2.64. The van der Waals surface area contributed by atoms with E-state index in [2.05, 4.69) is 34.2 Å². The highest BCUT2D eigenvalue weighted by molar-refractivity contribution is 5.68. The zero-order valence-electron chi connectivity index (χ0n) is 8.99. The average molecular weight is 205 g/mol. The summed E-state index contributed by atoms with van der Waals surface area (Å²) >= 11 is 0. The summed E-state index contributed by atoms with van der Waals surface area (Å²) < 4.78 is 0. The quantitative estimate of drug-likeness (QED) is 0.779. The third kappa shape index (κ3) is 2.12. The van der Waals surface area contributed by atoms with E-state index in [1.54, 1.807) is 0 Å². The highest BCUT2D eigenvalue weighted by atomic mass is 15.3. The first-order valence-electron chi connectivity index (χ1n) is 4.96. The van der Waals surface area contributed by atoms with E-state index in [1.807, 2.05) is 12.3 Å². The number of fused-ring (bicyclic) bond motifs is 1. The van der Waals surface area contributed by atoms with Crippen molar-refractivity contribution in [2.75, 3.05) is 6.54 Å². The molecule has 0 aliphatic heterocycles. The largest absolute Gasteiger partial charge is 0.330 e. The molecule has 2 heterocycles. The molecule has 5 heteroatoms. The maximum atomic E-state index is 5.69. The number of H-pyrrole nitrogens is 1. The molecule has 0 aliphatic rings. The second kappa shape index (κ2) is 3.58. The molecular formula is C10H15N5. The summed E-state index contributed by atoms with van der Waals surface area (Å²) in [6.45, 7) is 4.93. The molecule has 80 valence electrons. The first-order valence-corrected chi connectivity index (χ1v) is 4.96. The number of aromatic amines is 1. The van der Waals surface area contributed by atoms with Crippen molar-refractivity contribution in [2.24, 2.45) is 11.1 Å². The standard InChI is InChI=1S/C10H15N5/c1-10(2,6-11)4-7-3-8-9(12-5-7)14-15-13-8/h3,5H,4,6,11H2,1-2H3,(H,12,13,14,15). The molecule has 2 aromatic heterocycles. The van der Waals surface area contributed by atoms with Gasteiger partial charge < -0.3 is 5.73 Å². The van der Waals surface area contributed by atoms with Crippen LogP contribution in [0.2, 0.25) is 0 Å². The van der Waals surface area contributed by atoms with Crippen molar-refractivity contribution in [1.29, 1.82) is 0 Å². The zero-order valence-corrected chi connectivity index (χ0v) is 8.99. The minimum Gasteiger partial charge on any atom is -0.330 e. The molecule has 0 unspecified atom stereocenters. The molecular weight excluding hydrogens is 190 g/mol. The SMILES string of the molecule is CC(C)(CN)Cc1cnc2n[nH]nc2c1. The number of aromatic nitrogens is 4. The Labute approximate surface area is 88.1 Å². The third-order valence-electron chi connectivity index (χ3n) is 2.47. The Morgan fingerprint density at radius 3 is 2.93 bits per heavy atom. The monoisotopic (exact) mass is 205 g/mol. The lowest BCUT2D eigenvalue weighted by Gasteiger charge is -2.21. The van der Waals surface area contributed by atoms with Crippen LogP contribution in [0.5, 0.6) is 0 Å². The summed E-state index contributed by atoms with van der Waals surface area (Å²) in [6.07, 6.45) is 2.74. The van der Waals surface area contributed by atoms with Crippen molar-refractivity contribution in [3.05, 3.63) is 17.8 Å². The Balaban J connectivity index is 2.28. The van der Waals surface area contributed by atoms with Gasteiger partial charge in [-0.05, 0) is 30.0 Å². The Morgan fingerprint density at radius 2 is 2.20 bits per heavy atom. The van der Waals surface area contributed by atoms with Crippen LogP contribution in [0.15, 0.2) is 12.3 Å². The van der Waals surface area contributed by atoms with E-state index in [4.69, 9.17) is 5.73 Å². The van der Waals surface area contributed by atoms with E-state index in [0.29, 0.717) is 12.2 Å². The maximum Gasteiger partial charge on any atom is 0.201 e. The number of nitrogens with two attached hydrogens (primary N) is 1. The summed E-state index contributed by atoms with van der Waals surface area (Å²) in [6, 6.07) is 2.00. The van der Waals surface area contributed by atoms with Crippen LogP contribution in [-0.2, 0) is 6.42 Å². The number of rotatable bonds is 3. The molecule has 15 heavy (non-hydrogen) atoms. The number of nitrogens with zero attached hydrogens (tertiary/aromatic N) is 3. The number of nitrogens with one attached hydrogen (secondary N) is 1. The van der Waals surface area contributed by atoms with Crippen molar-refractivity contribution in [1.82, 2.24) is 20.4 Å². The molecule has 0 amide bonds. The summed E-state index contributed by atoms with van der Waals surface area (Å²) in [5.41, 5.74) is 8.40. The first-order chi connectivity index (χ1) is 7.11. The number of hydrogen-bond donors (Lipinski definition) is 2. The second-order valence-electron chi connectivity index (χ2n) is 4.56. The van der Waals surface area contributed by atoms with Crippen LogP contribution in [-0.4, -0.2) is 26.9 Å². The summed E-state index contributed by atoms with van der Waals surface area (Å²) in [4.78, 5) is 4.21. The van der Waals surface area contributed by atoms with E-state index in [1.165, 1.54) is 0 Å². The Morgan fingerprint density at radius 1 is 1.40 bits per heavy atom. The van der Waals surface area contributed by atoms with Gasteiger partial charge in [0.15, 0.2) is 0 Å². The van der Waals surface area contributed by atoms with Crippen LogP contribution >= 0.6 is 0 Å². The normalized spacial score (nSPS) is 12.2. The smallest absolute Gasteiger partial charge is 0.201 e. The van der Waals surface area contributed by atoms with Crippen LogP contribution in [0.3, 0.4) is 0 Å². The molecule has 0 bridgehead atoms. The fourth-order valence-corrected chi connectivity index (χ4v) is 1.50. The second-order valence-corrected chi connectivity index (χ2v) is 4.56. The van der Waals surface area contributed by atoms with E-state index in [0.717, 1.165) is 17.5 Å². The predicted molar refractivity (Wildman–Crippen MR) is 58.2 cm³/mol. The zero-order chi connectivity index (χ0) is 10.9. The predicted octanol–water partition coefficient (Wildman–Crippen LogP) is 0.880. The van der Waals surface area contributed by atoms with Crippen LogP contribution in [0.1, 0.15) is 19.4 Å². The minimum absolute atomic E-state index is 0.0963. The molecule has 3 N–H and O–H groups in total. The third-order valence-corrected chi connectivity index (χ3v) is 2.47. The number of pyridine rings is 1. The van der Waals surface area contributed by atoms with E-state index in [9.17, 15) is 0 Å². The topological polar surface area (TPSA) is 80.5 Å². The fraction of sp³-hybridized carbons (Fsp3) is 0.500. The minimum atomic E-state index is 0.0963. The van der Waals surface area contributed by atoms with Gasteiger partial charge in [-0.1, -0.05) is 13.8 Å². The molecule has 0 saturated heterocycles. The van der Waals surface area contributed by atoms with Gasteiger partial charge in [-0.3, -0.25) is 0 Å². The van der Waals surface area contributed by atoms with Crippen molar-refractivity contribution in [2.45, 2.75) is 20.3 Å². The van der Waals surface area contributed by atoms with Crippen LogP contribution in [0.25, 0.3) is 11.2 Å². The highest BCUT2D eigenvalue weighted by Crippen LogP contribution is 2.20. The molecule has 0 saturated carbocycles. The van der Waals surface area contributed by atoms with Crippen molar-refractivity contribution in [3.63, 3.8) is 0 Å². The van der Waals surface area contributed by atoms with Crippen LogP contribution < -0.4 is 5.73 Å². The molecule has 5 nitrogen and oxygen atoms in total. The van der Waals surface area contributed by atoms with Gasteiger partial charge in [-0.15, -0.1) is 5.10 Å². The number of hydrogen-bond acceptors (Lipinski definition) is 4. The summed E-state index contributed by atoms with van der Waals surface area (Å²) in [5, 5.41) is 10.5. The van der Waals surface area contributed by atoms with Crippen LogP contribution in [0.4, 0.5) is 0 Å². The van der Waals surface area contributed by atoms with Gasteiger partial charge in [0.25, 0.3) is 0 Å². The Kier molecular flexibility index (Phi) is 2.40. The lowest BCUT2D eigenvalue weighted by molar-refractivity contribution is 0.376. The molecule has 0 fully saturated rings. The van der Waals surface area contributed by atoms with Crippen molar-refractivity contribution in [3.8, 4) is 0 Å². The van der Waals surface area contributed by atoms with Gasteiger partial charge in [0.2, 0.25) is 5.65 Å². The van der Waals surface area contributed by atoms with E-state index in [-0.39, 0.29) is 5.41 Å². The van der Waals surface area contributed by atoms with E-state index >= 15 is 0 Å². The summed E-state index contributed by atoms with van der Waals surface area (Å²) in [5.74, 6) is 0.